The third kappa shape index (κ3) is 4.16. The van der Waals surface area contributed by atoms with Crippen molar-refractivity contribution in [2.75, 3.05) is 59.5 Å². The number of hydrogen-bond acceptors (Lipinski definition) is 4. The maximum absolute atomic E-state index is 11.9. The average molecular weight is 269 g/mol. The van der Waals surface area contributed by atoms with Crippen LogP contribution in [0.5, 0.6) is 0 Å². The first kappa shape index (κ1) is 14.8. The van der Waals surface area contributed by atoms with Crippen LogP contribution in [0.2, 0.25) is 0 Å². The van der Waals surface area contributed by atoms with Crippen molar-refractivity contribution in [1.29, 1.82) is 0 Å². The van der Waals surface area contributed by atoms with Crippen LogP contribution in [-0.4, -0.2) is 75.2 Å². The van der Waals surface area contributed by atoms with Crippen molar-refractivity contribution in [2.45, 2.75) is 19.8 Å². The standard InChI is InChI=1S/C14H27N3O2/c1-14(4-5-15-11-14)12-16-6-8-17(9-7-16)13(18)3-10-19-2/h15H,3-12H2,1-2H3. The van der Waals surface area contributed by atoms with Gasteiger partial charge in [-0.25, -0.2) is 0 Å². The van der Waals surface area contributed by atoms with Gasteiger partial charge in [0.1, 0.15) is 0 Å². The summed E-state index contributed by atoms with van der Waals surface area (Å²) in [5.41, 5.74) is 0.419. The van der Waals surface area contributed by atoms with Gasteiger partial charge < -0.3 is 15.0 Å². The number of nitrogens with zero attached hydrogens (tertiary/aromatic N) is 2. The molecule has 2 rings (SSSR count). The minimum absolute atomic E-state index is 0.232. The van der Waals surface area contributed by atoms with E-state index in [-0.39, 0.29) is 5.91 Å². The van der Waals surface area contributed by atoms with E-state index in [9.17, 15) is 4.79 Å². The van der Waals surface area contributed by atoms with E-state index in [0.29, 0.717) is 18.4 Å². The molecule has 1 atom stereocenters. The lowest BCUT2D eigenvalue weighted by Crippen LogP contribution is -2.51. The highest BCUT2D eigenvalue weighted by Crippen LogP contribution is 2.26. The summed E-state index contributed by atoms with van der Waals surface area (Å²) in [6, 6.07) is 0. The molecule has 0 radical (unpaired) electrons. The maximum atomic E-state index is 11.9. The van der Waals surface area contributed by atoms with E-state index >= 15 is 0 Å². The minimum atomic E-state index is 0.232. The predicted octanol–water partition coefficient (Wildman–Crippen LogP) is 0.167. The van der Waals surface area contributed by atoms with Crippen LogP contribution >= 0.6 is 0 Å². The van der Waals surface area contributed by atoms with Gasteiger partial charge >= 0.3 is 0 Å². The first-order valence-electron chi connectivity index (χ1n) is 7.33. The van der Waals surface area contributed by atoms with E-state index in [1.54, 1.807) is 7.11 Å². The Bertz CT molecular complexity index is 295. The maximum Gasteiger partial charge on any atom is 0.224 e. The molecule has 19 heavy (non-hydrogen) atoms. The number of hydrogen-bond donors (Lipinski definition) is 1. The quantitative estimate of drug-likeness (QED) is 0.772. The number of nitrogens with one attached hydrogen (secondary N) is 1. The average Bonchev–Trinajstić information content (AvgIpc) is 2.83. The van der Waals surface area contributed by atoms with Gasteiger partial charge in [0, 0.05) is 46.4 Å². The van der Waals surface area contributed by atoms with Gasteiger partial charge in [0.2, 0.25) is 5.91 Å². The lowest BCUT2D eigenvalue weighted by atomic mass is 9.89. The first-order chi connectivity index (χ1) is 9.13. The number of piperazine rings is 1. The summed E-state index contributed by atoms with van der Waals surface area (Å²) in [4.78, 5) is 16.4. The molecule has 0 aromatic rings. The summed E-state index contributed by atoms with van der Waals surface area (Å²) in [7, 11) is 1.64. The third-order valence-electron chi connectivity index (χ3n) is 4.31. The minimum Gasteiger partial charge on any atom is -0.384 e. The Morgan fingerprint density at radius 2 is 2.05 bits per heavy atom. The Hall–Kier alpha value is -0.650. The normalized spacial score (nSPS) is 28.8. The molecule has 0 aromatic heterocycles. The molecule has 5 heteroatoms. The molecule has 0 aromatic carbocycles. The molecule has 1 amide bonds. The molecular formula is C14H27N3O2. The summed E-state index contributed by atoms with van der Waals surface area (Å²) < 4.78 is 4.96. The zero-order valence-electron chi connectivity index (χ0n) is 12.3. The van der Waals surface area contributed by atoms with Crippen LogP contribution in [-0.2, 0) is 9.53 Å². The summed E-state index contributed by atoms with van der Waals surface area (Å²) in [6.45, 7) is 10.1. The van der Waals surface area contributed by atoms with E-state index < -0.39 is 0 Å². The van der Waals surface area contributed by atoms with E-state index in [1.807, 2.05) is 4.90 Å². The van der Waals surface area contributed by atoms with E-state index in [1.165, 1.54) is 6.42 Å². The molecule has 2 heterocycles. The number of carbonyl (C=O) groups excluding carboxylic acids is 1. The highest BCUT2D eigenvalue weighted by atomic mass is 16.5. The first-order valence-corrected chi connectivity index (χ1v) is 7.33. The van der Waals surface area contributed by atoms with Gasteiger partial charge in [-0.1, -0.05) is 6.92 Å². The fourth-order valence-electron chi connectivity index (χ4n) is 3.05. The molecule has 2 saturated heterocycles. The predicted molar refractivity (Wildman–Crippen MR) is 75.1 cm³/mol. The van der Waals surface area contributed by atoms with Crippen LogP contribution in [0.25, 0.3) is 0 Å². The molecule has 5 nitrogen and oxygen atoms in total. The summed E-state index contributed by atoms with van der Waals surface area (Å²) in [5.74, 6) is 0.232. The van der Waals surface area contributed by atoms with E-state index in [0.717, 1.165) is 45.8 Å². The third-order valence-corrected chi connectivity index (χ3v) is 4.31. The van der Waals surface area contributed by atoms with Crippen LogP contribution in [0.4, 0.5) is 0 Å². The number of methoxy groups -OCH3 is 1. The zero-order valence-corrected chi connectivity index (χ0v) is 12.3. The van der Waals surface area contributed by atoms with E-state index in [2.05, 4.69) is 17.1 Å². The van der Waals surface area contributed by atoms with Gasteiger partial charge in [0.25, 0.3) is 0 Å². The molecule has 0 spiro atoms. The number of ether oxygens (including phenoxy) is 1. The second kappa shape index (κ2) is 6.68. The summed E-state index contributed by atoms with van der Waals surface area (Å²) >= 11 is 0. The van der Waals surface area contributed by atoms with Gasteiger partial charge in [0.05, 0.1) is 13.0 Å². The van der Waals surface area contributed by atoms with Crippen LogP contribution in [0.3, 0.4) is 0 Å². The van der Waals surface area contributed by atoms with Gasteiger partial charge in [-0.2, -0.15) is 0 Å². The van der Waals surface area contributed by atoms with Gasteiger partial charge in [0.15, 0.2) is 0 Å². The number of amides is 1. The Labute approximate surface area is 116 Å². The van der Waals surface area contributed by atoms with Crippen LogP contribution in [0.1, 0.15) is 19.8 Å². The number of carbonyl (C=O) groups is 1. The van der Waals surface area contributed by atoms with Gasteiger partial charge in [-0.3, -0.25) is 9.69 Å². The Balaban J connectivity index is 1.71. The lowest BCUT2D eigenvalue weighted by Gasteiger charge is -2.38. The molecule has 0 bridgehead atoms. The second-order valence-electron chi connectivity index (χ2n) is 6.14. The zero-order chi connectivity index (χ0) is 13.7. The molecule has 1 unspecified atom stereocenters. The van der Waals surface area contributed by atoms with Crippen molar-refractivity contribution in [3.63, 3.8) is 0 Å². The van der Waals surface area contributed by atoms with E-state index in [4.69, 9.17) is 4.74 Å². The monoisotopic (exact) mass is 269 g/mol. The highest BCUT2D eigenvalue weighted by Gasteiger charge is 2.32. The molecule has 2 fully saturated rings. The fraction of sp³-hybridized carbons (Fsp3) is 0.929. The van der Waals surface area contributed by atoms with Gasteiger partial charge in [-0.15, -0.1) is 0 Å². The van der Waals surface area contributed by atoms with Crippen molar-refractivity contribution in [2.24, 2.45) is 5.41 Å². The molecule has 0 saturated carbocycles. The van der Waals surface area contributed by atoms with Crippen molar-refractivity contribution < 1.29 is 9.53 Å². The molecule has 2 aliphatic rings. The Kier molecular flexibility index (Phi) is 5.19. The summed E-state index contributed by atoms with van der Waals surface area (Å²) in [6.07, 6.45) is 1.78. The molecule has 0 aliphatic carbocycles. The van der Waals surface area contributed by atoms with Crippen molar-refractivity contribution in [1.82, 2.24) is 15.1 Å². The van der Waals surface area contributed by atoms with Crippen molar-refractivity contribution in [3.05, 3.63) is 0 Å². The topological polar surface area (TPSA) is 44.8 Å². The molecule has 2 aliphatic heterocycles. The molecule has 110 valence electrons. The SMILES string of the molecule is COCCC(=O)N1CCN(CC2(C)CCNC2)CC1. The second-order valence-corrected chi connectivity index (χ2v) is 6.14. The van der Waals surface area contributed by atoms with Gasteiger partial charge in [-0.05, 0) is 18.4 Å². The Morgan fingerprint density at radius 3 is 2.63 bits per heavy atom. The lowest BCUT2D eigenvalue weighted by molar-refractivity contribution is -0.134. The Morgan fingerprint density at radius 1 is 1.32 bits per heavy atom. The largest absolute Gasteiger partial charge is 0.384 e. The number of rotatable bonds is 5. The van der Waals surface area contributed by atoms with Crippen LogP contribution in [0, 0.1) is 5.41 Å². The highest BCUT2D eigenvalue weighted by molar-refractivity contribution is 5.76. The molecule has 1 N–H and O–H groups in total. The van der Waals surface area contributed by atoms with Crippen molar-refractivity contribution >= 4 is 5.91 Å². The fourth-order valence-corrected chi connectivity index (χ4v) is 3.05. The molecular weight excluding hydrogens is 242 g/mol. The van der Waals surface area contributed by atoms with Crippen LogP contribution in [0.15, 0.2) is 0 Å². The smallest absolute Gasteiger partial charge is 0.224 e. The van der Waals surface area contributed by atoms with Crippen molar-refractivity contribution in [3.8, 4) is 0 Å². The van der Waals surface area contributed by atoms with Crippen LogP contribution < -0.4 is 5.32 Å². The summed E-state index contributed by atoms with van der Waals surface area (Å²) in [5, 5.41) is 3.45.